The number of thioether (sulfide) groups is 2. The zero-order chi connectivity index (χ0) is 17.4. The van der Waals surface area contributed by atoms with Gasteiger partial charge in [0.25, 0.3) is 0 Å². The predicted molar refractivity (Wildman–Crippen MR) is 83.5 cm³/mol. The normalized spacial score (nSPS) is 23.0. The van der Waals surface area contributed by atoms with Crippen LogP contribution in [0, 0.1) is 0 Å². The summed E-state index contributed by atoms with van der Waals surface area (Å²) in [6.45, 7) is -0.170. The van der Waals surface area contributed by atoms with Crippen LogP contribution < -0.4 is 11.5 Å². The number of hydrogen-bond acceptors (Lipinski definition) is 9. The molecule has 24 heavy (non-hydrogen) atoms. The molecule has 0 radical (unpaired) electrons. The Balaban J connectivity index is 1.78. The van der Waals surface area contributed by atoms with Crippen molar-refractivity contribution in [2.45, 2.75) is 23.1 Å². The number of aromatic nitrogens is 4. The van der Waals surface area contributed by atoms with Gasteiger partial charge in [0.2, 0.25) is 17.0 Å². The van der Waals surface area contributed by atoms with Crippen LogP contribution in [0.3, 0.4) is 0 Å². The van der Waals surface area contributed by atoms with E-state index in [2.05, 4.69) is 15.5 Å². The fourth-order valence-corrected chi connectivity index (χ4v) is 4.70. The summed E-state index contributed by atoms with van der Waals surface area (Å²) in [4.78, 5) is 35.6. The zero-order valence-corrected chi connectivity index (χ0v) is 13.8. The van der Waals surface area contributed by atoms with Crippen LogP contribution in [0.1, 0.15) is 0 Å². The SMILES string of the molecule is NC(=O)Cn1nnnc1SCC1=C(C(=O)O)N2C(=O)C(N)[C@@H]2SC1. The quantitative estimate of drug-likeness (QED) is 0.369. The summed E-state index contributed by atoms with van der Waals surface area (Å²) in [7, 11) is 0. The maximum atomic E-state index is 11.9. The smallest absolute Gasteiger partial charge is 0.352 e. The highest BCUT2D eigenvalue weighted by Gasteiger charge is 2.51. The highest BCUT2D eigenvalue weighted by atomic mass is 32.2. The third kappa shape index (κ3) is 2.85. The Morgan fingerprint density at radius 1 is 1.46 bits per heavy atom. The Labute approximate surface area is 143 Å². The first-order chi connectivity index (χ1) is 11.4. The van der Waals surface area contributed by atoms with E-state index in [4.69, 9.17) is 11.5 Å². The van der Waals surface area contributed by atoms with Crippen molar-refractivity contribution in [3.05, 3.63) is 11.3 Å². The van der Waals surface area contributed by atoms with Gasteiger partial charge in [-0.05, 0) is 16.0 Å². The van der Waals surface area contributed by atoms with Crippen LogP contribution >= 0.6 is 23.5 Å². The highest BCUT2D eigenvalue weighted by molar-refractivity contribution is 8.01. The number of tetrazole rings is 1. The minimum atomic E-state index is -1.17. The average molecular weight is 371 g/mol. The van der Waals surface area contributed by atoms with Crippen molar-refractivity contribution in [1.29, 1.82) is 0 Å². The summed E-state index contributed by atoms with van der Waals surface area (Å²) >= 11 is 2.59. The van der Waals surface area contributed by atoms with Gasteiger partial charge in [0.1, 0.15) is 23.7 Å². The lowest BCUT2D eigenvalue weighted by Gasteiger charge is -2.48. The van der Waals surface area contributed by atoms with Gasteiger partial charge in [-0.2, -0.15) is 0 Å². The Bertz CT molecular complexity index is 748. The second kappa shape index (κ2) is 6.41. The molecule has 1 saturated heterocycles. The molecular weight excluding hydrogens is 358 g/mol. The molecule has 11 nitrogen and oxygen atoms in total. The molecule has 0 aromatic carbocycles. The summed E-state index contributed by atoms with van der Waals surface area (Å²) in [5, 5.41) is 20.3. The Kier molecular flexibility index (Phi) is 4.47. The van der Waals surface area contributed by atoms with E-state index in [1.165, 1.54) is 33.1 Å². The number of amides is 2. The number of carboxylic acid groups (broad SMARTS) is 1. The van der Waals surface area contributed by atoms with Crippen molar-refractivity contribution >= 4 is 41.3 Å². The first-order valence-electron chi connectivity index (χ1n) is 6.73. The van der Waals surface area contributed by atoms with Gasteiger partial charge in [0, 0.05) is 11.5 Å². The minimum absolute atomic E-state index is 0.0353. The topological polar surface area (TPSA) is 170 Å². The monoisotopic (exact) mass is 371 g/mol. The molecule has 2 aliphatic rings. The van der Waals surface area contributed by atoms with Crippen LogP contribution in [0.5, 0.6) is 0 Å². The second-order valence-corrected chi connectivity index (χ2v) is 7.11. The molecule has 5 N–H and O–H groups in total. The molecule has 0 aliphatic carbocycles. The summed E-state index contributed by atoms with van der Waals surface area (Å²) in [6.07, 6.45) is 0. The van der Waals surface area contributed by atoms with Gasteiger partial charge < -0.3 is 16.6 Å². The predicted octanol–water partition coefficient (Wildman–Crippen LogP) is -2.17. The average Bonchev–Trinajstić information content (AvgIpc) is 2.97. The van der Waals surface area contributed by atoms with E-state index in [-0.39, 0.29) is 23.4 Å². The number of aliphatic carboxylic acids is 1. The molecule has 3 rings (SSSR count). The van der Waals surface area contributed by atoms with Crippen LogP contribution in [0.25, 0.3) is 0 Å². The van der Waals surface area contributed by atoms with E-state index in [0.29, 0.717) is 16.5 Å². The van der Waals surface area contributed by atoms with E-state index in [0.717, 1.165) is 0 Å². The molecule has 3 heterocycles. The molecule has 13 heteroatoms. The zero-order valence-electron chi connectivity index (χ0n) is 12.2. The van der Waals surface area contributed by atoms with Gasteiger partial charge >= 0.3 is 5.97 Å². The summed E-state index contributed by atoms with van der Waals surface area (Å²) < 4.78 is 1.23. The maximum absolute atomic E-state index is 11.9. The van der Waals surface area contributed by atoms with Gasteiger partial charge in [-0.15, -0.1) is 16.9 Å². The number of carbonyl (C=O) groups is 3. The fourth-order valence-electron chi connectivity index (χ4n) is 2.39. The number of primary amides is 1. The summed E-state index contributed by atoms with van der Waals surface area (Å²) in [6, 6.07) is -0.665. The number of rotatable bonds is 6. The molecule has 2 amide bonds. The Morgan fingerprint density at radius 2 is 2.21 bits per heavy atom. The first kappa shape index (κ1) is 16.7. The minimum Gasteiger partial charge on any atom is -0.477 e. The van der Waals surface area contributed by atoms with Gasteiger partial charge in [0.05, 0.1) is 0 Å². The standard InChI is InChI=1S/C11H13N7O4S2/c12-5(19)1-17-11(14-15-16-17)24-3-4-2-23-9-6(13)8(20)18(9)7(4)10(21)22/h6,9H,1-3,13H2,(H2,12,19)(H,21,22)/t6?,9-/m0/s1. The number of hydrogen-bond donors (Lipinski definition) is 3. The Hall–Kier alpha value is -2.12. The maximum Gasteiger partial charge on any atom is 0.352 e. The van der Waals surface area contributed by atoms with Crippen molar-refractivity contribution in [3.8, 4) is 0 Å². The molecule has 0 bridgehead atoms. The van der Waals surface area contributed by atoms with Crippen molar-refractivity contribution in [3.63, 3.8) is 0 Å². The van der Waals surface area contributed by atoms with Crippen molar-refractivity contribution < 1.29 is 19.5 Å². The molecular formula is C11H13N7O4S2. The van der Waals surface area contributed by atoms with Crippen LogP contribution in [0.2, 0.25) is 0 Å². The Morgan fingerprint density at radius 3 is 2.88 bits per heavy atom. The first-order valence-corrected chi connectivity index (χ1v) is 8.76. The number of fused-ring (bicyclic) bond motifs is 1. The molecule has 2 aliphatic heterocycles. The van der Waals surface area contributed by atoms with Gasteiger partial charge in [-0.1, -0.05) is 11.8 Å². The van der Waals surface area contributed by atoms with Crippen LogP contribution in [0.4, 0.5) is 0 Å². The van der Waals surface area contributed by atoms with Gasteiger partial charge in [-0.3, -0.25) is 14.5 Å². The van der Waals surface area contributed by atoms with Crippen molar-refractivity contribution in [2.75, 3.05) is 11.5 Å². The molecule has 1 unspecified atom stereocenters. The number of nitrogens with two attached hydrogens (primary N) is 2. The third-order valence-electron chi connectivity index (χ3n) is 3.47. The number of carbonyl (C=O) groups excluding carboxylic acids is 2. The van der Waals surface area contributed by atoms with E-state index in [1.54, 1.807) is 0 Å². The lowest BCUT2D eigenvalue weighted by molar-refractivity contribution is -0.147. The third-order valence-corrected chi connectivity index (χ3v) is 5.88. The fraction of sp³-hybridized carbons (Fsp3) is 0.455. The summed E-state index contributed by atoms with van der Waals surface area (Å²) in [5.74, 6) is -1.46. The van der Waals surface area contributed by atoms with Crippen LogP contribution in [-0.4, -0.2) is 70.9 Å². The van der Waals surface area contributed by atoms with E-state index in [1.807, 2.05) is 0 Å². The summed E-state index contributed by atoms with van der Waals surface area (Å²) in [5.41, 5.74) is 11.3. The second-order valence-electron chi connectivity index (χ2n) is 5.07. The van der Waals surface area contributed by atoms with Crippen LogP contribution in [0.15, 0.2) is 16.4 Å². The van der Waals surface area contributed by atoms with E-state index >= 15 is 0 Å². The highest BCUT2D eigenvalue weighted by Crippen LogP contribution is 2.40. The number of nitrogens with zero attached hydrogens (tertiary/aromatic N) is 5. The number of β-lactam (4-membered cyclic amide) rings is 1. The number of carboxylic acids is 1. The lowest BCUT2D eigenvalue weighted by Crippen LogP contribution is -2.68. The molecule has 2 atom stereocenters. The molecule has 0 saturated carbocycles. The van der Waals surface area contributed by atoms with E-state index < -0.39 is 23.8 Å². The molecule has 1 aromatic rings. The molecule has 1 aromatic heterocycles. The molecule has 0 spiro atoms. The molecule has 128 valence electrons. The lowest BCUT2D eigenvalue weighted by atomic mass is 10.0. The van der Waals surface area contributed by atoms with Crippen molar-refractivity contribution in [2.24, 2.45) is 11.5 Å². The van der Waals surface area contributed by atoms with Crippen molar-refractivity contribution in [1.82, 2.24) is 25.1 Å². The van der Waals surface area contributed by atoms with E-state index in [9.17, 15) is 19.5 Å². The van der Waals surface area contributed by atoms with Crippen LogP contribution in [-0.2, 0) is 20.9 Å². The molecule has 1 fully saturated rings. The van der Waals surface area contributed by atoms with Gasteiger partial charge in [0.15, 0.2) is 0 Å². The largest absolute Gasteiger partial charge is 0.477 e. The van der Waals surface area contributed by atoms with Gasteiger partial charge in [-0.25, -0.2) is 9.48 Å².